The summed E-state index contributed by atoms with van der Waals surface area (Å²) in [5, 5.41) is 17.3. The number of aromatic amines is 1. The molecule has 2 N–H and O–H groups in total. The van der Waals surface area contributed by atoms with Gasteiger partial charge in [-0.1, -0.05) is 12.1 Å². The molecule has 0 radical (unpaired) electrons. The van der Waals surface area contributed by atoms with Gasteiger partial charge in [0.1, 0.15) is 5.75 Å². The summed E-state index contributed by atoms with van der Waals surface area (Å²) in [7, 11) is 3.20. The van der Waals surface area contributed by atoms with E-state index in [-0.39, 0.29) is 5.75 Å². The number of benzene rings is 2. The molecule has 118 valence electrons. The van der Waals surface area contributed by atoms with Crippen LogP contribution >= 0.6 is 0 Å². The summed E-state index contributed by atoms with van der Waals surface area (Å²) < 4.78 is 10.6. The van der Waals surface area contributed by atoms with E-state index in [9.17, 15) is 5.11 Å². The number of aromatic hydroxyl groups is 1. The van der Waals surface area contributed by atoms with Crippen LogP contribution in [0.3, 0.4) is 0 Å². The topological polar surface area (TPSA) is 67.4 Å². The molecule has 0 spiro atoms. The van der Waals surface area contributed by atoms with Crippen molar-refractivity contribution in [1.82, 2.24) is 10.2 Å². The molecule has 0 saturated heterocycles. The van der Waals surface area contributed by atoms with Gasteiger partial charge in [-0.3, -0.25) is 5.10 Å². The normalized spacial score (nSPS) is 10.6. The first kappa shape index (κ1) is 15.0. The van der Waals surface area contributed by atoms with E-state index in [1.165, 1.54) is 0 Å². The van der Waals surface area contributed by atoms with Crippen LogP contribution in [0.4, 0.5) is 0 Å². The monoisotopic (exact) mass is 310 g/mol. The number of phenolic OH excluding ortho intramolecular Hbond substituents is 1. The fourth-order valence-electron chi connectivity index (χ4n) is 2.57. The quantitative estimate of drug-likeness (QED) is 0.769. The number of hydrogen-bond acceptors (Lipinski definition) is 4. The average molecular weight is 310 g/mol. The van der Waals surface area contributed by atoms with E-state index in [2.05, 4.69) is 10.2 Å². The summed E-state index contributed by atoms with van der Waals surface area (Å²) >= 11 is 0. The molecule has 0 fully saturated rings. The van der Waals surface area contributed by atoms with Gasteiger partial charge in [-0.25, -0.2) is 0 Å². The Hall–Kier alpha value is -2.95. The Morgan fingerprint density at radius 2 is 1.74 bits per heavy atom. The highest BCUT2D eigenvalue weighted by atomic mass is 16.5. The molecule has 1 aromatic heterocycles. The summed E-state index contributed by atoms with van der Waals surface area (Å²) in [5.41, 5.74) is 4.27. The second-order valence-electron chi connectivity index (χ2n) is 5.25. The molecular formula is C18H18N2O3. The molecule has 0 aliphatic heterocycles. The predicted octanol–water partition coefficient (Wildman–Crippen LogP) is 3.77. The van der Waals surface area contributed by atoms with E-state index in [1.807, 2.05) is 37.3 Å². The standard InChI is InChI=1S/C18H18N2O3/c1-11-4-6-13(15(21)8-11)18-14(10-19-20-18)12-5-7-16(22-2)17(9-12)23-3/h4-10,21H,1-3H3,(H,19,20). The molecule has 0 bridgehead atoms. The van der Waals surface area contributed by atoms with Crippen molar-refractivity contribution in [2.24, 2.45) is 0 Å². The zero-order chi connectivity index (χ0) is 16.4. The minimum absolute atomic E-state index is 0.218. The van der Waals surface area contributed by atoms with Crippen LogP contribution in [0.15, 0.2) is 42.6 Å². The molecule has 0 saturated carbocycles. The molecule has 2 aromatic carbocycles. The first-order chi connectivity index (χ1) is 11.1. The van der Waals surface area contributed by atoms with Gasteiger partial charge in [0.2, 0.25) is 0 Å². The van der Waals surface area contributed by atoms with E-state index in [0.717, 1.165) is 22.4 Å². The number of nitrogens with zero attached hydrogens (tertiary/aromatic N) is 1. The van der Waals surface area contributed by atoms with E-state index in [0.29, 0.717) is 17.1 Å². The van der Waals surface area contributed by atoms with Gasteiger partial charge in [0.25, 0.3) is 0 Å². The molecule has 23 heavy (non-hydrogen) atoms. The maximum Gasteiger partial charge on any atom is 0.161 e. The van der Waals surface area contributed by atoms with E-state index < -0.39 is 0 Å². The Morgan fingerprint density at radius 3 is 2.43 bits per heavy atom. The second-order valence-corrected chi connectivity index (χ2v) is 5.25. The highest BCUT2D eigenvalue weighted by Gasteiger charge is 2.15. The third-order valence-electron chi connectivity index (χ3n) is 3.76. The van der Waals surface area contributed by atoms with Gasteiger partial charge in [-0.15, -0.1) is 0 Å². The van der Waals surface area contributed by atoms with Gasteiger partial charge < -0.3 is 14.6 Å². The lowest BCUT2D eigenvalue weighted by atomic mass is 10.00. The maximum atomic E-state index is 10.2. The summed E-state index contributed by atoms with van der Waals surface area (Å²) in [6.45, 7) is 1.94. The second kappa shape index (κ2) is 6.04. The molecule has 3 aromatic rings. The van der Waals surface area contributed by atoms with E-state index >= 15 is 0 Å². The fraction of sp³-hybridized carbons (Fsp3) is 0.167. The Kier molecular flexibility index (Phi) is 3.93. The third kappa shape index (κ3) is 2.73. The Labute approximate surface area is 134 Å². The van der Waals surface area contributed by atoms with Gasteiger partial charge >= 0.3 is 0 Å². The van der Waals surface area contributed by atoms with Crippen molar-refractivity contribution in [1.29, 1.82) is 0 Å². The van der Waals surface area contributed by atoms with Crippen molar-refractivity contribution in [3.05, 3.63) is 48.2 Å². The van der Waals surface area contributed by atoms with Crippen molar-refractivity contribution >= 4 is 0 Å². The van der Waals surface area contributed by atoms with Crippen LogP contribution in [0, 0.1) is 6.92 Å². The number of hydrogen-bond donors (Lipinski definition) is 2. The zero-order valence-corrected chi connectivity index (χ0v) is 13.3. The van der Waals surface area contributed by atoms with Crippen LogP contribution in [0.1, 0.15) is 5.56 Å². The molecule has 3 rings (SSSR count). The lowest BCUT2D eigenvalue weighted by Gasteiger charge is -2.10. The molecule has 0 aliphatic rings. The number of nitrogens with one attached hydrogen (secondary N) is 1. The zero-order valence-electron chi connectivity index (χ0n) is 13.3. The number of aromatic nitrogens is 2. The van der Waals surface area contributed by atoms with Gasteiger partial charge in [-0.2, -0.15) is 5.10 Å². The Morgan fingerprint density at radius 1 is 0.957 bits per heavy atom. The summed E-state index contributed by atoms with van der Waals surface area (Å²) in [4.78, 5) is 0. The molecular weight excluding hydrogens is 292 g/mol. The largest absolute Gasteiger partial charge is 0.507 e. The third-order valence-corrected chi connectivity index (χ3v) is 3.76. The number of phenols is 1. The van der Waals surface area contributed by atoms with E-state index in [4.69, 9.17) is 9.47 Å². The van der Waals surface area contributed by atoms with Crippen LogP contribution < -0.4 is 9.47 Å². The highest BCUT2D eigenvalue weighted by Crippen LogP contribution is 2.38. The highest BCUT2D eigenvalue weighted by molar-refractivity contribution is 5.83. The van der Waals surface area contributed by atoms with Gasteiger partial charge in [0.05, 0.1) is 26.1 Å². The molecule has 0 unspecified atom stereocenters. The smallest absolute Gasteiger partial charge is 0.161 e. The van der Waals surface area contributed by atoms with Gasteiger partial charge in [0, 0.05) is 11.1 Å². The summed E-state index contributed by atoms with van der Waals surface area (Å²) in [5.74, 6) is 1.53. The fourth-order valence-corrected chi connectivity index (χ4v) is 2.57. The molecule has 1 heterocycles. The van der Waals surface area contributed by atoms with Crippen LogP contribution in [0.25, 0.3) is 22.4 Å². The molecule has 0 atom stereocenters. The Balaban J connectivity index is 2.11. The maximum absolute atomic E-state index is 10.2. The lowest BCUT2D eigenvalue weighted by molar-refractivity contribution is 0.355. The average Bonchev–Trinajstić information content (AvgIpc) is 3.03. The van der Waals surface area contributed by atoms with Crippen molar-refractivity contribution in [3.8, 4) is 39.6 Å². The van der Waals surface area contributed by atoms with Crippen LogP contribution in [0.2, 0.25) is 0 Å². The number of methoxy groups -OCH3 is 2. The first-order valence-corrected chi connectivity index (χ1v) is 7.19. The van der Waals surface area contributed by atoms with Crippen LogP contribution in [-0.4, -0.2) is 29.5 Å². The van der Waals surface area contributed by atoms with Crippen molar-refractivity contribution in [2.75, 3.05) is 14.2 Å². The number of H-pyrrole nitrogens is 1. The van der Waals surface area contributed by atoms with Crippen LogP contribution in [-0.2, 0) is 0 Å². The molecule has 5 nitrogen and oxygen atoms in total. The molecule has 0 aliphatic carbocycles. The molecule has 0 amide bonds. The first-order valence-electron chi connectivity index (χ1n) is 7.19. The SMILES string of the molecule is COc1ccc(-c2cn[nH]c2-c2ccc(C)cc2O)cc1OC. The number of ether oxygens (including phenoxy) is 2. The van der Waals surface area contributed by atoms with E-state index in [1.54, 1.807) is 26.5 Å². The summed E-state index contributed by atoms with van der Waals surface area (Å²) in [6.07, 6.45) is 1.73. The van der Waals surface area contributed by atoms with Gasteiger partial charge in [-0.05, 0) is 42.3 Å². The van der Waals surface area contributed by atoms with Crippen molar-refractivity contribution < 1.29 is 14.6 Å². The minimum Gasteiger partial charge on any atom is -0.507 e. The van der Waals surface area contributed by atoms with Gasteiger partial charge in [0.15, 0.2) is 11.5 Å². The summed E-state index contributed by atoms with van der Waals surface area (Å²) in [6, 6.07) is 11.2. The number of aryl methyl sites for hydroxylation is 1. The molecule has 5 heteroatoms. The Bertz CT molecular complexity index is 840. The minimum atomic E-state index is 0.218. The lowest BCUT2D eigenvalue weighted by Crippen LogP contribution is -1.91. The van der Waals surface area contributed by atoms with Crippen LogP contribution in [0.5, 0.6) is 17.2 Å². The predicted molar refractivity (Wildman–Crippen MR) is 89.0 cm³/mol. The number of rotatable bonds is 4. The van der Waals surface area contributed by atoms with Crippen molar-refractivity contribution in [2.45, 2.75) is 6.92 Å². The van der Waals surface area contributed by atoms with Crippen molar-refractivity contribution in [3.63, 3.8) is 0 Å².